The van der Waals surface area contributed by atoms with E-state index in [-0.39, 0.29) is 11.7 Å². The van der Waals surface area contributed by atoms with Gasteiger partial charge in [-0.1, -0.05) is 5.21 Å². The third-order valence-corrected chi connectivity index (χ3v) is 3.93. The maximum Gasteiger partial charge on any atom is 0.356 e. The Hall–Kier alpha value is -1.54. The van der Waals surface area contributed by atoms with E-state index < -0.39 is 5.97 Å². The first kappa shape index (κ1) is 13.9. The van der Waals surface area contributed by atoms with Crippen LogP contribution in [0.15, 0.2) is 9.98 Å². The first-order valence-electron chi connectivity index (χ1n) is 5.47. The van der Waals surface area contributed by atoms with Gasteiger partial charge in [0, 0.05) is 6.04 Å². The number of nitrogens with zero attached hydrogens (tertiary/aromatic N) is 4. The molecular weight excluding hydrogens is 332 g/mol. The quantitative estimate of drug-likeness (QED) is 0.923. The third-order valence-electron chi connectivity index (χ3n) is 2.26. The molecule has 0 unspecified atom stereocenters. The van der Waals surface area contributed by atoms with Gasteiger partial charge < -0.3 is 5.11 Å². The van der Waals surface area contributed by atoms with Crippen molar-refractivity contribution in [2.75, 3.05) is 0 Å². The van der Waals surface area contributed by atoms with Gasteiger partial charge in [-0.15, -0.1) is 16.4 Å². The second kappa shape index (κ2) is 5.62. The van der Waals surface area contributed by atoms with Crippen LogP contribution in [0.4, 0.5) is 0 Å². The number of hydrogen-bond donors (Lipinski definition) is 1. The van der Waals surface area contributed by atoms with Crippen LogP contribution in [0.1, 0.15) is 41.1 Å². The largest absolute Gasteiger partial charge is 0.476 e. The zero-order chi connectivity index (χ0) is 14.0. The van der Waals surface area contributed by atoms with Crippen LogP contribution in [0.25, 0.3) is 12.2 Å². The molecule has 0 fully saturated rings. The van der Waals surface area contributed by atoms with Crippen LogP contribution in [0, 0.1) is 0 Å². The van der Waals surface area contributed by atoms with Crippen molar-refractivity contribution in [3.8, 4) is 0 Å². The number of thiazole rings is 1. The van der Waals surface area contributed by atoms with Crippen LogP contribution in [0.5, 0.6) is 0 Å². The maximum atomic E-state index is 10.9. The molecule has 6 nitrogen and oxygen atoms in total. The third kappa shape index (κ3) is 3.27. The lowest BCUT2D eigenvalue weighted by Crippen LogP contribution is -2.00. The van der Waals surface area contributed by atoms with Gasteiger partial charge in [0.05, 0.1) is 6.20 Å². The van der Waals surface area contributed by atoms with Crippen LogP contribution >= 0.6 is 27.3 Å². The normalized spacial score (nSPS) is 11.6. The molecule has 2 aromatic rings. The molecule has 0 aliphatic rings. The zero-order valence-corrected chi connectivity index (χ0v) is 12.6. The molecule has 2 aromatic heterocycles. The molecule has 0 aliphatic heterocycles. The summed E-state index contributed by atoms with van der Waals surface area (Å²) in [7, 11) is 0. The SMILES string of the molecule is CC(C)n1cc(/C=C/c2nc(C(=O)O)c(Br)s2)nn1. The summed E-state index contributed by atoms with van der Waals surface area (Å²) in [5.41, 5.74) is 0.729. The molecule has 0 radical (unpaired) electrons. The van der Waals surface area contributed by atoms with Gasteiger partial charge in [-0.25, -0.2) is 14.5 Å². The van der Waals surface area contributed by atoms with Gasteiger partial charge >= 0.3 is 5.97 Å². The number of carbonyl (C=O) groups is 1. The number of rotatable bonds is 4. The van der Waals surface area contributed by atoms with Crippen LogP contribution < -0.4 is 0 Å². The molecule has 0 amide bonds. The van der Waals surface area contributed by atoms with E-state index in [4.69, 9.17) is 5.11 Å². The van der Waals surface area contributed by atoms with E-state index in [0.717, 1.165) is 0 Å². The smallest absolute Gasteiger partial charge is 0.356 e. The standard InChI is InChI=1S/C11H11BrN4O2S/c1-6(2)16-5-7(14-15-16)3-4-8-13-9(11(17)18)10(12)19-8/h3-6H,1-2H3,(H,17,18)/b4-3+. The number of carboxylic acid groups (broad SMARTS) is 1. The Bertz CT molecular complexity index is 632. The van der Waals surface area contributed by atoms with Crippen LogP contribution in [-0.4, -0.2) is 31.1 Å². The molecule has 0 bridgehead atoms. The van der Waals surface area contributed by atoms with Gasteiger partial charge in [0.15, 0.2) is 5.69 Å². The number of halogens is 1. The highest BCUT2D eigenvalue weighted by molar-refractivity contribution is 9.11. The molecule has 0 aliphatic carbocycles. The van der Waals surface area contributed by atoms with Crippen molar-refractivity contribution in [1.29, 1.82) is 0 Å². The second-order valence-electron chi connectivity index (χ2n) is 4.03. The summed E-state index contributed by atoms with van der Waals surface area (Å²) in [6.07, 6.45) is 5.29. The molecule has 8 heteroatoms. The lowest BCUT2D eigenvalue weighted by Gasteiger charge is -2.00. The summed E-state index contributed by atoms with van der Waals surface area (Å²) in [6, 6.07) is 0.252. The lowest BCUT2D eigenvalue weighted by molar-refractivity contribution is 0.0690. The fourth-order valence-corrected chi connectivity index (χ4v) is 2.74. The maximum absolute atomic E-state index is 10.9. The Balaban J connectivity index is 2.17. The molecule has 100 valence electrons. The Morgan fingerprint density at radius 3 is 2.79 bits per heavy atom. The molecule has 0 saturated carbocycles. The topological polar surface area (TPSA) is 80.9 Å². The summed E-state index contributed by atoms with van der Waals surface area (Å²) in [4.78, 5) is 14.8. The molecule has 0 aromatic carbocycles. The number of hydrogen-bond acceptors (Lipinski definition) is 5. The van der Waals surface area contributed by atoms with E-state index in [1.807, 2.05) is 20.0 Å². The zero-order valence-electron chi connectivity index (χ0n) is 10.2. The van der Waals surface area contributed by atoms with Crippen molar-refractivity contribution >= 4 is 45.4 Å². The molecule has 2 heterocycles. The Morgan fingerprint density at radius 2 is 2.26 bits per heavy atom. The summed E-state index contributed by atoms with van der Waals surface area (Å²) in [5, 5.41) is 17.5. The minimum Gasteiger partial charge on any atom is -0.476 e. The van der Waals surface area contributed by atoms with E-state index in [9.17, 15) is 4.79 Å². The van der Waals surface area contributed by atoms with Crippen LogP contribution in [0.3, 0.4) is 0 Å². The monoisotopic (exact) mass is 342 g/mol. The Kier molecular flexibility index (Phi) is 4.11. The van der Waals surface area contributed by atoms with Crippen molar-refractivity contribution in [3.05, 3.63) is 26.4 Å². The molecule has 0 saturated heterocycles. The molecular formula is C11H11BrN4O2S. The van der Waals surface area contributed by atoms with Crippen LogP contribution in [-0.2, 0) is 0 Å². The van der Waals surface area contributed by atoms with Gasteiger partial charge in [0.25, 0.3) is 0 Å². The Labute approximate surface area is 121 Å². The van der Waals surface area contributed by atoms with Crippen molar-refractivity contribution in [2.45, 2.75) is 19.9 Å². The number of carboxylic acids is 1. The van der Waals surface area contributed by atoms with Crippen molar-refractivity contribution in [3.63, 3.8) is 0 Å². The first-order valence-corrected chi connectivity index (χ1v) is 7.08. The van der Waals surface area contributed by atoms with Gasteiger partial charge in [-0.05, 0) is 41.9 Å². The number of aromatic carboxylic acids is 1. The highest BCUT2D eigenvalue weighted by Crippen LogP contribution is 2.26. The summed E-state index contributed by atoms with van der Waals surface area (Å²) >= 11 is 4.43. The van der Waals surface area contributed by atoms with Gasteiger partial charge in [0.2, 0.25) is 0 Å². The molecule has 0 atom stereocenters. The number of aromatic nitrogens is 4. The highest BCUT2D eigenvalue weighted by atomic mass is 79.9. The molecule has 19 heavy (non-hydrogen) atoms. The van der Waals surface area contributed by atoms with E-state index >= 15 is 0 Å². The van der Waals surface area contributed by atoms with E-state index in [0.29, 0.717) is 14.5 Å². The Morgan fingerprint density at radius 1 is 1.53 bits per heavy atom. The van der Waals surface area contributed by atoms with E-state index in [2.05, 4.69) is 31.2 Å². The first-order chi connectivity index (χ1) is 8.97. The molecule has 0 spiro atoms. The van der Waals surface area contributed by atoms with E-state index in [1.165, 1.54) is 11.3 Å². The fraction of sp³-hybridized carbons (Fsp3) is 0.273. The van der Waals surface area contributed by atoms with Crippen molar-refractivity contribution in [1.82, 2.24) is 20.0 Å². The minimum absolute atomic E-state index is 0.0236. The average Bonchev–Trinajstić information content (AvgIpc) is 2.92. The second-order valence-corrected chi connectivity index (χ2v) is 6.38. The summed E-state index contributed by atoms with van der Waals surface area (Å²) in [6.45, 7) is 4.03. The molecule has 2 rings (SSSR count). The van der Waals surface area contributed by atoms with Crippen LogP contribution in [0.2, 0.25) is 0 Å². The fourth-order valence-electron chi connectivity index (χ4n) is 1.30. The highest BCUT2D eigenvalue weighted by Gasteiger charge is 2.13. The van der Waals surface area contributed by atoms with Gasteiger partial charge in [-0.3, -0.25) is 0 Å². The van der Waals surface area contributed by atoms with Crippen molar-refractivity contribution in [2.24, 2.45) is 0 Å². The van der Waals surface area contributed by atoms with Gasteiger partial charge in [-0.2, -0.15) is 0 Å². The summed E-state index contributed by atoms with van der Waals surface area (Å²) in [5.74, 6) is -1.05. The minimum atomic E-state index is -1.05. The van der Waals surface area contributed by atoms with Gasteiger partial charge in [0.1, 0.15) is 14.5 Å². The predicted octanol–water partition coefficient (Wildman–Crippen LogP) is 2.95. The predicted molar refractivity (Wildman–Crippen MR) is 76.1 cm³/mol. The molecule has 1 N–H and O–H groups in total. The lowest BCUT2D eigenvalue weighted by atomic mass is 10.4. The van der Waals surface area contributed by atoms with Crippen molar-refractivity contribution < 1.29 is 9.90 Å². The summed E-state index contributed by atoms with van der Waals surface area (Å²) < 4.78 is 2.26. The van der Waals surface area contributed by atoms with E-state index in [1.54, 1.807) is 16.8 Å². The average molecular weight is 343 g/mol.